The van der Waals surface area contributed by atoms with Gasteiger partial charge < -0.3 is 10.1 Å². The smallest absolute Gasteiger partial charge is 0.248 e. The van der Waals surface area contributed by atoms with Crippen LogP contribution in [0.3, 0.4) is 0 Å². The summed E-state index contributed by atoms with van der Waals surface area (Å²) in [5.41, 5.74) is 1.33. The summed E-state index contributed by atoms with van der Waals surface area (Å²) >= 11 is 0. The maximum Gasteiger partial charge on any atom is 0.248 e. The predicted molar refractivity (Wildman–Crippen MR) is 114 cm³/mol. The maximum absolute atomic E-state index is 12.8. The molecule has 0 unspecified atom stereocenters. The molecule has 1 aliphatic heterocycles. The Balaban J connectivity index is 1.65. The van der Waals surface area contributed by atoms with Gasteiger partial charge in [-0.25, -0.2) is 8.42 Å². The van der Waals surface area contributed by atoms with Gasteiger partial charge in [-0.15, -0.1) is 0 Å². The van der Waals surface area contributed by atoms with Gasteiger partial charge in [0.2, 0.25) is 15.9 Å². The number of anilines is 1. The van der Waals surface area contributed by atoms with Crippen LogP contribution in [0.15, 0.2) is 59.5 Å². The summed E-state index contributed by atoms with van der Waals surface area (Å²) in [7, 11) is -1.91. The first-order valence-electron chi connectivity index (χ1n) is 9.73. The second-order valence-corrected chi connectivity index (χ2v) is 8.85. The van der Waals surface area contributed by atoms with Crippen molar-refractivity contribution < 1.29 is 17.9 Å². The van der Waals surface area contributed by atoms with Gasteiger partial charge in [0.15, 0.2) is 0 Å². The standard InChI is InChI=1S/C22H26N2O4S/c1-28-21-9-5-4-8-18(21)10-15-22(25)23-19-11-13-20(14-12-19)29(26,27)24-16-6-2-3-7-17-24/h4-5,8-15H,2-3,6-7,16-17H2,1H3,(H,23,25)/b15-10+. The number of sulfonamides is 1. The Morgan fingerprint density at radius 2 is 1.66 bits per heavy atom. The molecule has 6 nitrogen and oxygen atoms in total. The number of nitrogens with zero attached hydrogens (tertiary/aromatic N) is 1. The molecular formula is C22H26N2O4S. The van der Waals surface area contributed by atoms with Gasteiger partial charge in [-0.05, 0) is 49.2 Å². The fourth-order valence-electron chi connectivity index (χ4n) is 3.29. The Labute approximate surface area is 172 Å². The Kier molecular flexibility index (Phi) is 7.06. The summed E-state index contributed by atoms with van der Waals surface area (Å²) in [6.07, 6.45) is 7.02. The predicted octanol–water partition coefficient (Wildman–Crippen LogP) is 3.91. The summed E-state index contributed by atoms with van der Waals surface area (Å²) in [5, 5.41) is 2.74. The third-order valence-electron chi connectivity index (χ3n) is 4.88. The molecule has 1 heterocycles. The summed E-state index contributed by atoms with van der Waals surface area (Å²) in [5.74, 6) is 0.374. The van der Waals surface area contributed by atoms with E-state index in [1.165, 1.54) is 6.08 Å². The van der Waals surface area contributed by atoms with Gasteiger partial charge in [0.05, 0.1) is 12.0 Å². The van der Waals surface area contributed by atoms with E-state index in [9.17, 15) is 13.2 Å². The van der Waals surface area contributed by atoms with Crippen LogP contribution in [-0.2, 0) is 14.8 Å². The summed E-state index contributed by atoms with van der Waals surface area (Å²) in [6, 6.07) is 13.7. The first-order chi connectivity index (χ1) is 14.0. The van der Waals surface area contributed by atoms with Gasteiger partial charge in [-0.1, -0.05) is 31.0 Å². The third kappa shape index (κ3) is 5.46. The lowest BCUT2D eigenvalue weighted by Crippen LogP contribution is -2.31. The minimum Gasteiger partial charge on any atom is -0.496 e. The van der Waals surface area contributed by atoms with E-state index in [1.807, 2.05) is 24.3 Å². The summed E-state index contributed by atoms with van der Waals surface area (Å²) in [4.78, 5) is 12.4. The van der Waals surface area contributed by atoms with E-state index < -0.39 is 10.0 Å². The lowest BCUT2D eigenvalue weighted by Gasteiger charge is -2.20. The van der Waals surface area contributed by atoms with Gasteiger partial charge in [0.25, 0.3) is 0 Å². The molecule has 1 amide bonds. The molecular weight excluding hydrogens is 388 g/mol. The van der Waals surface area contributed by atoms with Crippen LogP contribution in [0, 0.1) is 0 Å². The lowest BCUT2D eigenvalue weighted by molar-refractivity contribution is -0.111. The van der Waals surface area contributed by atoms with Crippen molar-refractivity contribution in [3.63, 3.8) is 0 Å². The van der Waals surface area contributed by atoms with Crippen molar-refractivity contribution in [2.24, 2.45) is 0 Å². The highest BCUT2D eigenvalue weighted by atomic mass is 32.2. The first-order valence-corrected chi connectivity index (χ1v) is 11.2. The molecule has 1 fully saturated rings. The molecule has 3 rings (SSSR count). The Morgan fingerprint density at radius 1 is 1.00 bits per heavy atom. The maximum atomic E-state index is 12.8. The second-order valence-electron chi connectivity index (χ2n) is 6.91. The van der Waals surface area contributed by atoms with Crippen LogP contribution >= 0.6 is 0 Å². The molecule has 154 valence electrons. The van der Waals surface area contributed by atoms with Crippen molar-refractivity contribution in [3.05, 3.63) is 60.2 Å². The monoisotopic (exact) mass is 414 g/mol. The third-order valence-corrected chi connectivity index (χ3v) is 6.79. The summed E-state index contributed by atoms with van der Waals surface area (Å²) < 4.78 is 32.4. The van der Waals surface area contributed by atoms with Crippen LogP contribution < -0.4 is 10.1 Å². The largest absolute Gasteiger partial charge is 0.496 e. The van der Waals surface area contributed by atoms with Gasteiger partial charge in [-0.2, -0.15) is 4.31 Å². The molecule has 0 spiro atoms. The number of carbonyl (C=O) groups excluding carboxylic acids is 1. The molecule has 7 heteroatoms. The number of carbonyl (C=O) groups is 1. The van der Waals surface area contributed by atoms with Crippen LogP contribution in [0.4, 0.5) is 5.69 Å². The van der Waals surface area contributed by atoms with Crippen molar-refractivity contribution in [2.75, 3.05) is 25.5 Å². The Morgan fingerprint density at radius 3 is 2.31 bits per heavy atom. The van der Waals surface area contributed by atoms with E-state index in [4.69, 9.17) is 4.74 Å². The Hall–Kier alpha value is -2.64. The lowest BCUT2D eigenvalue weighted by atomic mass is 10.2. The molecule has 0 saturated carbocycles. The van der Waals surface area contributed by atoms with E-state index in [0.717, 1.165) is 31.2 Å². The molecule has 0 atom stereocenters. The SMILES string of the molecule is COc1ccccc1/C=C/C(=O)Nc1ccc(S(=O)(=O)N2CCCCCC2)cc1. The van der Waals surface area contributed by atoms with E-state index in [1.54, 1.807) is 41.8 Å². The van der Waals surface area contributed by atoms with Gasteiger partial charge in [-0.3, -0.25) is 4.79 Å². The molecule has 29 heavy (non-hydrogen) atoms. The number of amides is 1. The second kappa shape index (κ2) is 9.71. The minimum absolute atomic E-state index is 0.252. The average molecular weight is 415 g/mol. The van der Waals surface area contributed by atoms with Crippen LogP contribution in [0.1, 0.15) is 31.2 Å². The number of methoxy groups -OCH3 is 1. The quantitative estimate of drug-likeness (QED) is 0.727. The zero-order valence-electron chi connectivity index (χ0n) is 16.5. The van der Waals surface area contributed by atoms with Crippen LogP contribution in [0.25, 0.3) is 6.08 Å². The number of benzene rings is 2. The minimum atomic E-state index is -3.49. The number of ether oxygens (including phenoxy) is 1. The Bertz CT molecular complexity index is 961. The molecule has 1 saturated heterocycles. The average Bonchev–Trinajstić information content (AvgIpc) is 3.03. The zero-order valence-corrected chi connectivity index (χ0v) is 17.3. The zero-order chi connectivity index (χ0) is 20.7. The van der Waals surface area contributed by atoms with E-state index >= 15 is 0 Å². The van der Waals surface area contributed by atoms with Gasteiger partial charge in [0.1, 0.15) is 5.75 Å². The van der Waals surface area contributed by atoms with Crippen LogP contribution in [-0.4, -0.2) is 38.8 Å². The highest BCUT2D eigenvalue weighted by Gasteiger charge is 2.24. The van der Waals surface area contributed by atoms with Gasteiger partial charge in [0, 0.05) is 30.4 Å². The first kappa shape index (κ1) is 21.1. The molecule has 1 aliphatic rings. The fraction of sp³-hybridized carbons (Fsp3) is 0.318. The summed E-state index contributed by atoms with van der Waals surface area (Å²) in [6.45, 7) is 1.13. The number of hydrogen-bond acceptors (Lipinski definition) is 4. The highest BCUT2D eigenvalue weighted by Crippen LogP contribution is 2.22. The number of para-hydroxylation sites is 1. The van der Waals surface area contributed by atoms with Crippen molar-refractivity contribution in [1.29, 1.82) is 0 Å². The van der Waals surface area contributed by atoms with E-state index in [0.29, 0.717) is 24.5 Å². The molecule has 2 aromatic rings. The molecule has 0 aliphatic carbocycles. The number of nitrogens with one attached hydrogen (secondary N) is 1. The van der Waals surface area contributed by atoms with Crippen molar-refractivity contribution in [2.45, 2.75) is 30.6 Å². The van der Waals surface area contributed by atoms with Crippen molar-refractivity contribution in [3.8, 4) is 5.75 Å². The van der Waals surface area contributed by atoms with Crippen molar-refractivity contribution in [1.82, 2.24) is 4.31 Å². The van der Waals surface area contributed by atoms with Crippen LogP contribution in [0.2, 0.25) is 0 Å². The molecule has 2 aromatic carbocycles. The van der Waals surface area contributed by atoms with E-state index in [2.05, 4.69) is 5.32 Å². The van der Waals surface area contributed by atoms with Crippen molar-refractivity contribution >= 4 is 27.7 Å². The topological polar surface area (TPSA) is 75.7 Å². The molecule has 0 bridgehead atoms. The highest BCUT2D eigenvalue weighted by molar-refractivity contribution is 7.89. The molecule has 0 radical (unpaired) electrons. The molecule has 0 aromatic heterocycles. The number of rotatable bonds is 6. The van der Waals surface area contributed by atoms with Crippen LogP contribution in [0.5, 0.6) is 5.75 Å². The molecule has 1 N–H and O–H groups in total. The number of hydrogen-bond donors (Lipinski definition) is 1. The normalized spacial score (nSPS) is 15.8. The fourth-order valence-corrected chi connectivity index (χ4v) is 4.81. The van der Waals surface area contributed by atoms with Gasteiger partial charge >= 0.3 is 0 Å². The van der Waals surface area contributed by atoms with E-state index in [-0.39, 0.29) is 10.8 Å².